The Balaban J connectivity index is 1.57. The summed E-state index contributed by atoms with van der Waals surface area (Å²) >= 11 is 5.43. The fraction of sp³-hybridized carbons (Fsp3) is 0.286. The van der Waals surface area contributed by atoms with Crippen LogP contribution in [0.3, 0.4) is 0 Å². The van der Waals surface area contributed by atoms with Crippen LogP contribution in [-0.2, 0) is 47.2 Å². The molecule has 0 heterocycles. The van der Waals surface area contributed by atoms with Crippen molar-refractivity contribution in [2.24, 2.45) is 5.73 Å². The highest BCUT2D eigenvalue weighted by Gasteiger charge is 2.35. The van der Waals surface area contributed by atoms with Gasteiger partial charge in [-0.3, -0.25) is 33.3 Å². The molecule has 6 amide bonds. The van der Waals surface area contributed by atoms with Gasteiger partial charge in [0.1, 0.15) is 18.1 Å². The average molecular weight is 1090 g/mol. The summed E-state index contributed by atoms with van der Waals surface area (Å²) in [7, 11) is -2.68. The van der Waals surface area contributed by atoms with Crippen LogP contribution >= 0.6 is 46.8 Å². The molecule has 64 heavy (non-hydrogen) atoms. The summed E-state index contributed by atoms with van der Waals surface area (Å²) in [5, 5.41) is 22.8. The topological polar surface area (TPSA) is 265 Å². The highest BCUT2D eigenvalue weighted by atomic mass is 127. The van der Waals surface area contributed by atoms with Gasteiger partial charge < -0.3 is 47.1 Å². The van der Waals surface area contributed by atoms with Crippen LogP contribution in [0.15, 0.2) is 89.4 Å². The molecule has 4 unspecified atom stereocenters. The first-order chi connectivity index (χ1) is 30.3. The number of amides is 6. The molecule has 0 radical (unpaired) electrons. The summed E-state index contributed by atoms with van der Waals surface area (Å²) < 4.78 is 50.1. The van der Waals surface area contributed by atoms with Crippen molar-refractivity contribution in [3.05, 3.63) is 126 Å². The van der Waals surface area contributed by atoms with E-state index in [-0.39, 0.29) is 54.9 Å². The SMILES string of the molecule is COc1cc(CC(=O)NCC(NC(=O)C(CCCNC(=O)c2cccc(I)c2)NC(=O)C(Cc2ccc(C(F)(F)O[PH](=O)O)cc2)NC(=O)c2ccc(C)c(Br)c2)C(N)=O)ccc1O. The number of phenols is 1. The molecule has 0 fully saturated rings. The third-order valence-corrected chi connectivity index (χ3v) is 11.4. The van der Waals surface area contributed by atoms with Crippen molar-refractivity contribution in [2.45, 2.75) is 56.8 Å². The van der Waals surface area contributed by atoms with E-state index in [1.165, 1.54) is 49.6 Å². The lowest BCUT2D eigenvalue weighted by Gasteiger charge is -2.25. The Labute approximate surface area is 388 Å². The highest BCUT2D eigenvalue weighted by molar-refractivity contribution is 14.1. The van der Waals surface area contributed by atoms with E-state index < -0.39 is 80.0 Å². The van der Waals surface area contributed by atoms with Gasteiger partial charge in [0.25, 0.3) is 11.8 Å². The molecule has 4 aromatic carbocycles. The molecule has 0 aliphatic carbocycles. The van der Waals surface area contributed by atoms with Crippen molar-refractivity contribution in [1.82, 2.24) is 26.6 Å². The average Bonchev–Trinajstić information content (AvgIpc) is 3.24. The molecule has 0 saturated carbocycles. The lowest BCUT2D eigenvalue weighted by Crippen LogP contribution is -2.58. The van der Waals surface area contributed by atoms with Crippen LogP contribution in [0, 0.1) is 10.5 Å². The zero-order chi connectivity index (χ0) is 47.1. The quantitative estimate of drug-likeness (QED) is 0.0318. The van der Waals surface area contributed by atoms with Gasteiger partial charge in [-0.15, -0.1) is 0 Å². The van der Waals surface area contributed by atoms with Crippen LogP contribution in [-0.4, -0.2) is 83.8 Å². The van der Waals surface area contributed by atoms with E-state index >= 15 is 0 Å². The second kappa shape index (κ2) is 24.0. The lowest BCUT2D eigenvalue weighted by atomic mass is 10.0. The van der Waals surface area contributed by atoms with Gasteiger partial charge in [0, 0.05) is 38.7 Å². The summed E-state index contributed by atoms with van der Waals surface area (Å²) in [4.78, 5) is 88.8. The Kier molecular flexibility index (Phi) is 19.2. The van der Waals surface area contributed by atoms with Crippen molar-refractivity contribution < 1.29 is 61.4 Å². The van der Waals surface area contributed by atoms with Gasteiger partial charge >= 0.3 is 14.4 Å². The minimum Gasteiger partial charge on any atom is -0.504 e. The molecule has 9 N–H and O–H groups in total. The number of alkyl halides is 2. The van der Waals surface area contributed by atoms with Crippen LogP contribution in [0.4, 0.5) is 8.78 Å². The summed E-state index contributed by atoms with van der Waals surface area (Å²) in [5.74, 6) is -4.55. The first-order valence-electron chi connectivity index (χ1n) is 19.3. The number of methoxy groups -OCH3 is 1. The van der Waals surface area contributed by atoms with E-state index in [1.807, 2.05) is 6.07 Å². The zero-order valence-electron chi connectivity index (χ0n) is 34.2. The Bertz CT molecular complexity index is 2380. The number of benzene rings is 4. The molecular weight excluding hydrogens is 1040 g/mol. The number of nitrogens with one attached hydrogen (secondary N) is 5. The van der Waals surface area contributed by atoms with Crippen LogP contribution in [0.5, 0.6) is 11.5 Å². The maximum Gasteiger partial charge on any atom is 0.389 e. The van der Waals surface area contributed by atoms with Crippen molar-refractivity contribution >= 4 is 82.2 Å². The molecule has 4 rings (SSSR count). The summed E-state index contributed by atoms with van der Waals surface area (Å²) in [6, 6.07) is 15.6. The Morgan fingerprint density at radius 3 is 2.14 bits per heavy atom. The van der Waals surface area contributed by atoms with Gasteiger partial charge in [0.05, 0.1) is 19.1 Å². The fourth-order valence-corrected chi connectivity index (χ4v) is 7.26. The molecule has 0 aliphatic rings. The van der Waals surface area contributed by atoms with Gasteiger partial charge in [-0.25, -0.2) is 4.52 Å². The minimum atomic E-state index is -4.11. The maximum atomic E-state index is 14.4. The van der Waals surface area contributed by atoms with Crippen LogP contribution < -0.4 is 37.1 Å². The lowest BCUT2D eigenvalue weighted by molar-refractivity contribution is -0.185. The largest absolute Gasteiger partial charge is 0.504 e. The summed E-state index contributed by atoms with van der Waals surface area (Å²) in [6.45, 7) is 1.38. The van der Waals surface area contributed by atoms with Gasteiger partial charge in [-0.1, -0.05) is 58.4 Å². The Hall–Kier alpha value is -5.48. The van der Waals surface area contributed by atoms with Gasteiger partial charge in [0.15, 0.2) is 11.5 Å². The number of carbonyl (C=O) groups is 6. The number of primary amides is 1. The number of carbonyl (C=O) groups excluding carboxylic acids is 6. The van der Waals surface area contributed by atoms with Gasteiger partial charge in [-0.05, 0) is 102 Å². The second-order valence-corrected chi connectivity index (χ2v) is 17.0. The first-order valence-corrected chi connectivity index (χ1v) is 22.4. The summed E-state index contributed by atoms with van der Waals surface area (Å²) in [6.07, 6.45) is -4.64. The number of halogens is 4. The van der Waals surface area contributed by atoms with E-state index in [0.717, 1.165) is 21.3 Å². The molecule has 0 saturated heterocycles. The monoisotopic (exact) mass is 1080 g/mol. The molecule has 342 valence electrons. The van der Waals surface area contributed by atoms with E-state index in [9.17, 15) is 47.2 Å². The standard InChI is InChI=1S/C42H45BrF2IN6O11P/c1-23-8-12-27(21-30(23)43)39(57)51-32(17-24-9-13-28(14-10-24)42(44,45)63-64(60)61)41(59)50-31(7-4-16-48-38(56)26-5-3-6-29(46)20-26)40(58)52-33(37(47)55)22-49-36(54)19-25-11-15-34(53)35(18-25)62-2/h3,5-6,8-15,18,20-21,31-33,53,64H,4,7,16-17,19,22H2,1-2H3,(H2,47,55)(H,48,56)(H,49,54)(H,50,59)(H,51,57)(H,52,58)(H,60,61). The third kappa shape index (κ3) is 15.6. The molecule has 0 aliphatic heterocycles. The number of aryl methyl sites for hydroxylation is 1. The summed E-state index contributed by atoms with van der Waals surface area (Å²) in [5.41, 5.74) is 6.91. The fourth-order valence-electron chi connectivity index (χ4n) is 6.00. The number of phenolic OH excluding ortho intramolecular Hbond substituents is 1. The van der Waals surface area contributed by atoms with Crippen molar-refractivity contribution in [2.75, 3.05) is 20.2 Å². The molecule has 0 bridgehead atoms. The second-order valence-electron chi connectivity index (χ2n) is 14.2. The van der Waals surface area contributed by atoms with Gasteiger partial charge in [-0.2, -0.15) is 8.78 Å². The first kappa shape index (κ1) is 51.2. The minimum absolute atomic E-state index is 0.0374. The van der Waals surface area contributed by atoms with Crippen LogP contribution in [0.25, 0.3) is 0 Å². The Morgan fingerprint density at radius 1 is 0.844 bits per heavy atom. The predicted octanol–water partition coefficient (Wildman–Crippen LogP) is 3.89. The molecule has 4 aromatic rings. The molecule has 0 aromatic heterocycles. The number of nitrogens with two attached hydrogens (primary N) is 1. The smallest absolute Gasteiger partial charge is 0.389 e. The number of rotatable bonds is 22. The molecule has 17 nitrogen and oxygen atoms in total. The third-order valence-electron chi connectivity index (χ3n) is 9.45. The molecule has 4 atom stereocenters. The molecular formula is C42H45BrF2IN6O11P. The normalized spacial score (nSPS) is 13.0. The van der Waals surface area contributed by atoms with E-state index in [4.69, 9.17) is 15.4 Å². The van der Waals surface area contributed by atoms with Crippen LogP contribution in [0.1, 0.15) is 55.8 Å². The van der Waals surface area contributed by atoms with E-state index in [0.29, 0.717) is 15.6 Å². The highest BCUT2D eigenvalue weighted by Crippen LogP contribution is 2.37. The van der Waals surface area contributed by atoms with Crippen LogP contribution in [0.2, 0.25) is 0 Å². The number of hydrogen-bond donors (Lipinski definition) is 8. The van der Waals surface area contributed by atoms with Gasteiger partial charge in [0.2, 0.25) is 23.6 Å². The number of aromatic hydroxyl groups is 1. The van der Waals surface area contributed by atoms with E-state index in [1.54, 1.807) is 31.2 Å². The number of hydrogen-bond acceptors (Lipinski definition) is 10. The number of ether oxygens (including phenoxy) is 1. The Morgan fingerprint density at radius 2 is 1.50 bits per heavy atom. The van der Waals surface area contributed by atoms with Crippen molar-refractivity contribution in [3.8, 4) is 11.5 Å². The maximum absolute atomic E-state index is 14.4. The van der Waals surface area contributed by atoms with E-state index in [2.05, 4.69) is 69.6 Å². The predicted molar refractivity (Wildman–Crippen MR) is 242 cm³/mol. The molecule has 0 spiro atoms. The van der Waals surface area contributed by atoms with Crippen molar-refractivity contribution in [1.29, 1.82) is 0 Å². The van der Waals surface area contributed by atoms with Crippen molar-refractivity contribution in [3.63, 3.8) is 0 Å². The molecule has 22 heteroatoms. The zero-order valence-corrected chi connectivity index (χ0v) is 39.0.